The van der Waals surface area contributed by atoms with E-state index in [0.29, 0.717) is 35.8 Å². The number of nitrogens with zero attached hydrogens (tertiary/aromatic N) is 1. The Balaban J connectivity index is 1.18. The first kappa shape index (κ1) is 62.7. The van der Waals surface area contributed by atoms with Crippen molar-refractivity contribution in [2.24, 2.45) is 22.7 Å². The Kier molecular flexibility index (Phi) is 23.0. The summed E-state index contributed by atoms with van der Waals surface area (Å²) < 4.78 is 23.2. The lowest BCUT2D eigenvalue weighted by Crippen LogP contribution is -2.55. The number of nitrogens with one attached hydrogen (secondary N) is 6. The molecule has 430 valence electrons. The first-order valence-electron chi connectivity index (χ1n) is 26.7. The number of aliphatic hydroxyl groups is 1. The van der Waals surface area contributed by atoms with Crippen LogP contribution in [0.4, 0.5) is 0 Å². The van der Waals surface area contributed by atoms with Gasteiger partial charge in [0.2, 0.25) is 35.4 Å². The molecule has 2 fully saturated rings. The summed E-state index contributed by atoms with van der Waals surface area (Å²) >= 11 is 6.39. The van der Waals surface area contributed by atoms with E-state index < -0.39 is 83.4 Å². The van der Waals surface area contributed by atoms with Crippen LogP contribution in [0.15, 0.2) is 54.6 Å². The molecule has 78 heavy (non-hydrogen) atoms. The highest BCUT2D eigenvalue weighted by atomic mass is 35.5. The summed E-state index contributed by atoms with van der Waals surface area (Å²) in [5, 5.41) is 29.8. The summed E-state index contributed by atoms with van der Waals surface area (Å²) in [7, 11) is 1.49. The number of epoxide rings is 1. The Labute approximate surface area is 462 Å². The van der Waals surface area contributed by atoms with Crippen LogP contribution in [0.1, 0.15) is 130 Å². The molecule has 5 rings (SSSR count). The quantitative estimate of drug-likeness (QED) is 0.0963. The predicted octanol–water partition coefficient (Wildman–Crippen LogP) is 4.37. The Morgan fingerprint density at radius 1 is 0.936 bits per heavy atom. The van der Waals surface area contributed by atoms with Gasteiger partial charge in [0.1, 0.15) is 30.0 Å². The number of carbonyl (C=O) groups excluding carboxylic acids is 8. The molecular weight excluding hydrogens is 1030 g/mol. The van der Waals surface area contributed by atoms with Gasteiger partial charge in [-0.1, -0.05) is 89.6 Å². The highest BCUT2D eigenvalue weighted by Gasteiger charge is 2.48. The monoisotopic (exact) mass is 1110 g/mol. The highest BCUT2D eigenvalue weighted by Crippen LogP contribution is 2.45. The molecule has 0 bridgehead atoms. The minimum atomic E-state index is -1.45. The molecule has 2 aromatic rings. The fraction of sp³-hybridized carbons (Fsp3) is 0.607. The second-order valence-corrected chi connectivity index (χ2v) is 22.9. The number of ether oxygens (including phenoxy) is 4. The highest BCUT2D eigenvalue weighted by molar-refractivity contribution is 6.32. The summed E-state index contributed by atoms with van der Waals surface area (Å²) in [5.41, 5.74) is 0.813. The van der Waals surface area contributed by atoms with Crippen LogP contribution in [0.2, 0.25) is 5.02 Å². The molecule has 3 aliphatic heterocycles. The number of rotatable bonds is 19. The lowest BCUT2D eigenvalue weighted by Gasteiger charge is -2.35. The predicted molar refractivity (Wildman–Crippen MR) is 287 cm³/mol. The fourth-order valence-electron chi connectivity index (χ4n) is 8.87. The zero-order chi connectivity index (χ0) is 57.5. The van der Waals surface area contributed by atoms with Crippen LogP contribution < -0.4 is 36.6 Å². The Morgan fingerprint density at radius 3 is 2.31 bits per heavy atom. The number of hydrogen-bond acceptors (Lipinski definition) is 14. The molecule has 0 aliphatic carbocycles. The zero-order valence-electron chi connectivity index (χ0n) is 46.5. The maximum absolute atomic E-state index is 13.9. The first-order valence-corrected chi connectivity index (χ1v) is 27.0. The third-order valence-corrected chi connectivity index (χ3v) is 13.9. The standard InChI is InChI=1S/C56H80ClN7O14/c1-32(2)47(63-44(66)16-12-18-46(68)78-64-31-75-25-13-17-45(64)67)52(71)60-34(4)50(69)58-29-35-19-22-37(23-20-35)49-48(77-49)33(3)41-14-11-15-43(65)61-39(27-36-21-24-42(74-10)38(57)26-36)51(70)59-30-56(8,9)54(73)62-40(53(72)76-41)28-55(5,6)7/h11,15,19-24,26,32-34,39-41,47-49,53,72H,12-14,16-18,25,27-31H2,1-10H3,(H,58,69)(H,59,70)(H,60,71)(H,61,65)(H,62,73)(H,63,66)/b15-11+/t33-,34-,39+,40-,41-,47-,48+,49+,53?/m0/s1. The molecule has 9 atom stereocenters. The van der Waals surface area contributed by atoms with E-state index in [2.05, 4.69) is 31.9 Å². The van der Waals surface area contributed by atoms with Gasteiger partial charge in [-0.2, -0.15) is 0 Å². The van der Waals surface area contributed by atoms with Crippen LogP contribution in [-0.4, -0.2) is 127 Å². The average molecular weight is 1110 g/mol. The topological polar surface area (TPSA) is 282 Å². The first-order chi connectivity index (χ1) is 36.7. The van der Waals surface area contributed by atoms with Crippen molar-refractivity contribution in [1.82, 2.24) is 37.0 Å². The van der Waals surface area contributed by atoms with Crippen LogP contribution in [0.5, 0.6) is 5.75 Å². The van der Waals surface area contributed by atoms with Gasteiger partial charge in [0, 0.05) is 51.3 Å². The molecule has 0 radical (unpaired) electrons. The number of amides is 7. The summed E-state index contributed by atoms with van der Waals surface area (Å²) in [6.07, 6.45) is 1.33. The molecule has 0 aromatic heterocycles. The lowest BCUT2D eigenvalue weighted by molar-refractivity contribution is -0.212. The van der Waals surface area contributed by atoms with Crippen LogP contribution in [0, 0.1) is 22.7 Å². The Bertz CT molecular complexity index is 2460. The van der Waals surface area contributed by atoms with Crippen LogP contribution >= 0.6 is 11.6 Å². The number of carbonyl (C=O) groups is 8. The minimum absolute atomic E-state index is 0.0739. The van der Waals surface area contributed by atoms with E-state index in [0.717, 1.165) is 16.2 Å². The van der Waals surface area contributed by atoms with E-state index in [1.165, 1.54) is 20.1 Å². The second kappa shape index (κ2) is 28.7. The van der Waals surface area contributed by atoms with Crippen molar-refractivity contribution in [2.45, 2.75) is 169 Å². The molecule has 21 nitrogen and oxygen atoms in total. The Morgan fingerprint density at radius 2 is 1.64 bits per heavy atom. The number of benzene rings is 2. The molecule has 3 heterocycles. The van der Waals surface area contributed by atoms with Gasteiger partial charge in [0.25, 0.3) is 5.91 Å². The van der Waals surface area contributed by atoms with Gasteiger partial charge < -0.3 is 60.8 Å². The lowest BCUT2D eigenvalue weighted by atomic mass is 9.86. The third kappa shape index (κ3) is 19.3. The van der Waals surface area contributed by atoms with E-state index in [1.54, 1.807) is 52.0 Å². The van der Waals surface area contributed by atoms with Gasteiger partial charge in [-0.25, -0.2) is 4.79 Å². The maximum atomic E-state index is 13.9. The van der Waals surface area contributed by atoms with Crippen molar-refractivity contribution in [3.8, 4) is 5.75 Å². The summed E-state index contributed by atoms with van der Waals surface area (Å²) in [6.45, 7) is 16.6. The summed E-state index contributed by atoms with van der Waals surface area (Å²) in [5.74, 6) is -4.19. The number of hydrogen-bond donors (Lipinski definition) is 7. The number of hydroxylamine groups is 2. The molecule has 7 N–H and O–H groups in total. The molecule has 0 spiro atoms. The molecule has 3 aliphatic rings. The molecule has 1 unspecified atom stereocenters. The van der Waals surface area contributed by atoms with Crippen molar-refractivity contribution in [3.05, 3.63) is 76.3 Å². The van der Waals surface area contributed by atoms with E-state index in [1.807, 2.05) is 52.0 Å². The summed E-state index contributed by atoms with van der Waals surface area (Å²) in [4.78, 5) is 110. The molecule has 22 heteroatoms. The van der Waals surface area contributed by atoms with Gasteiger partial charge in [-0.05, 0) is 92.7 Å². The largest absolute Gasteiger partial charge is 0.495 e. The van der Waals surface area contributed by atoms with E-state index in [-0.39, 0.29) is 93.7 Å². The van der Waals surface area contributed by atoms with Crippen molar-refractivity contribution in [1.29, 1.82) is 0 Å². The van der Waals surface area contributed by atoms with Gasteiger partial charge in [0.15, 0.2) is 13.0 Å². The molecular formula is C56H80ClN7O14. The smallest absolute Gasteiger partial charge is 0.332 e. The van der Waals surface area contributed by atoms with Crippen molar-refractivity contribution < 1.29 is 67.2 Å². The van der Waals surface area contributed by atoms with E-state index in [4.69, 9.17) is 35.4 Å². The van der Waals surface area contributed by atoms with Crippen molar-refractivity contribution in [2.75, 3.05) is 27.0 Å². The molecule has 2 saturated heterocycles. The maximum Gasteiger partial charge on any atom is 0.332 e. The van der Waals surface area contributed by atoms with Crippen LogP contribution in [0.25, 0.3) is 0 Å². The Hall–Kier alpha value is -6.13. The average Bonchev–Trinajstić information content (AvgIpc) is 4.21. The van der Waals surface area contributed by atoms with Crippen LogP contribution in [-0.2, 0) is 70.4 Å². The van der Waals surface area contributed by atoms with Crippen molar-refractivity contribution >= 4 is 58.9 Å². The van der Waals surface area contributed by atoms with Gasteiger partial charge >= 0.3 is 5.97 Å². The van der Waals surface area contributed by atoms with E-state index >= 15 is 0 Å². The number of halogens is 1. The third-order valence-electron chi connectivity index (χ3n) is 13.6. The minimum Gasteiger partial charge on any atom is -0.495 e. The van der Waals surface area contributed by atoms with E-state index in [9.17, 15) is 43.5 Å². The second-order valence-electron chi connectivity index (χ2n) is 22.5. The fourth-order valence-corrected chi connectivity index (χ4v) is 9.15. The summed E-state index contributed by atoms with van der Waals surface area (Å²) in [6, 6.07) is 8.78. The molecule has 2 aromatic carbocycles. The molecule has 7 amide bonds. The SMILES string of the molecule is COc1ccc(C[C@H]2NC(=O)/C=C/C[C@@H]([C@H](C)[C@H]3O[C@@H]3c3ccc(CNC(=O)[C@H](C)NC(=O)[C@@H](NC(=O)CCCC(=O)ON4COCCCC4=O)C(C)C)cc3)OC(O)[C@H](CC(C)(C)C)NC(=O)C(C)(C)CNC2=O)cc1Cl. The van der Waals surface area contributed by atoms with Gasteiger partial charge in [-0.3, -0.25) is 33.6 Å². The number of aliphatic hydroxyl groups excluding tert-OH is 1. The zero-order valence-corrected chi connectivity index (χ0v) is 47.3. The van der Waals surface area contributed by atoms with Crippen molar-refractivity contribution in [3.63, 3.8) is 0 Å². The van der Waals surface area contributed by atoms with Gasteiger partial charge in [-0.15, -0.1) is 5.06 Å². The van der Waals surface area contributed by atoms with Gasteiger partial charge in [0.05, 0.1) is 35.8 Å². The molecule has 0 saturated carbocycles. The van der Waals surface area contributed by atoms with Crippen LogP contribution in [0.3, 0.4) is 0 Å². The number of methoxy groups -OCH3 is 1. The normalized spacial score (nSPS) is 24.0.